The Kier molecular flexibility index (Phi) is 3.60. The summed E-state index contributed by atoms with van der Waals surface area (Å²) in [6.45, 7) is 5.48. The molecule has 2 heterocycles. The van der Waals surface area contributed by atoms with Crippen molar-refractivity contribution in [1.29, 1.82) is 0 Å². The number of anilines is 1. The number of hydrogen-bond acceptors (Lipinski definition) is 4. The molecule has 1 aromatic heterocycles. The fourth-order valence-corrected chi connectivity index (χ4v) is 3.04. The number of carbonyl (C=O) groups excluding carboxylic acids is 2. The minimum absolute atomic E-state index is 0.112. The van der Waals surface area contributed by atoms with Crippen LogP contribution in [0.15, 0.2) is 40.8 Å². The lowest BCUT2D eigenvalue weighted by atomic mass is 9.89. The average Bonchev–Trinajstić information content (AvgIpc) is 3.01. The predicted octanol–water partition coefficient (Wildman–Crippen LogP) is 2.80. The van der Waals surface area contributed by atoms with E-state index in [1.165, 1.54) is 4.90 Å². The summed E-state index contributed by atoms with van der Waals surface area (Å²) in [5, 5.41) is 11.0. The van der Waals surface area contributed by atoms with Gasteiger partial charge in [0.15, 0.2) is 11.4 Å². The Bertz CT molecular complexity index is 777. The third kappa shape index (κ3) is 2.37. The van der Waals surface area contributed by atoms with Crippen molar-refractivity contribution in [2.75, 3.05) is 4.90 Å². The van der Waals surface area contributed by atoms with Gasteiger partial charge in [0.2, 0.25) is 5.78 Å². The van der Waals surface area contributed by atoms with E-state index in [2.05, 4.69) is 0 Å². The lowest BCUT2D eigenvalue weighted by Gasteiger charge is -2.25. The fourth-order valence-electron chi connectivity index (χ4n) is 3.04. The second-order valence-corrected chi connectivity index (χ2v) is 6.16. The van der Waals surface area contributed by atoms with Crippen molar-refractivity contribution in [2.45, 2.75) is 38.8 Å². The highest BCUT2D eigenvalue weighted by Gasteiger charge is 2.51. The Morgan fingerprint density at radius 1 is 1.26 bits per heavy atom. The molecule has 23 heavy (non-hydrogen) atoms. The summed E-state index contributed by atoms with van der Waals surface area (Å²) in [5.41, 5.74) is -0.729. The highest BCUT2D eigenvalue weighted by Crippen LogP contribution is 2.43. The Hall–Kier alpha value is -2.40. The number of nitrogens with zero attached hydrogens (tertiary/aromatic N) is 1. The molecule has 1 aliphatic rings. The van der Waals surface area contributed by atoms with Crippen LogP contribution in [0.2, 0.25) is 0 Å². The van der Waals surface area contributed by atoms with Crippen LogP contribution in [0.25, 0.3) is 0 Å². The molecule has 0 saturated carbocycles. The number of fused-ring (bicyclic) bond motifs is 1. The van der Waals surface area contributed by atoms with Crippen LogP contribution in [0.3, 0.4) is 0 Å². The molecule has 2 aromatic rings. The van der Waals surface area contributed by atoms with E-state index in [1.54, 1.807) is 37.3 Å². The molecule has 0 saturated heterocycles. The van der Waals surface area contributed by atoms with Crippen LogP contribution in [0.5, 0.6) is 0 Å². The standard InChI is InChI=1S/C18H19NO4/c1-11(2)19-14-7-5-4-6-13(14)18(22,17(19)21)10-15(20)16-9-8-12(3)23-16/h4-9,11,22H,10H2,1-3H3/t18-/m0/s1. The highest BCUT2D eigenvalue weighted by atomic mass is 16.3. The van der Waals surface area contributed by atoms with Crippen LogP contribution in [-0.4, -0.2) is 22.8 Å². The van der Waals surface area contributed by atoms with Crippen molar-refractivity contribution < 1.29 is 19.1 Å². The zero-order chi connectivity index (χ0) is 16.8. The van der Waals surface area contributed by atoms with E-state index < -0.39 is 17.3 Å². The van der Waals surface area contributed by atoms with Crippen LogP contribution >= 0.6 is 0 Å². The second-order valence-electron chi connectivity index (χ2n) is 6.16. The van der Waals surface area contributed by atoms with Gasteiger partial charge in [0.05, 0.1) is 12.1 Å². The van der Waals surface area contributed by atoms with Crippen LogP contribution < -0.4 is 4.90 Å². The maximum Gasteiger partial charge on any atom is 0.264 e. The third-order valence-corrected chi connectivity index (χ3v) is 4.13. The van der Waals surface area contributed by atoms with Crippen molar-refractivity contribution in [3.05, 3.63) is 53.5 Å². The first kappa shape index (κ1) is 15.5. The number of ketones is 1. The number of benzene rings is 1. The summed E-state index contributed by atoms with van der Waals surface area (Å²) in [6.07, 6.45) is -0.334. The van der Waals surface area contributed by atoms with E-state index in [1.807, 2.05) is 19.9 Å². The number of carbonyl (C=O) groups is 2. The van der Waals surface area contributed by atoms with E-state index in [0.717, 1.165) is 0 Å². The molecule has 0 fully saturated rings. The number of amides is 1. The number of aliphatic hydroxyl groups is 1. The van der Waals surface area contributed by atoms with Crippen molar-refractivity contribution in [2.24, 2.45) is 0 Å². The van der Waals surface area contributed by atoms with Crippen LogP contribution in [0.1, 0.15) is 42.1 Å². The van der Waals surface area contributed by atoms with Gasteiger partial charge in [-0.25, -0.2) is 0 Å². The van der Waals surface area contributed by atoms with Gasteiger partial charge in [-0.1, -0.05) is 18.2 Å². The van der Waals surface area contributed by atoms with E-state index in [0.29, 0.717) is 17.0 Å². The van der Waals surface area contributed by atoms with Crippen molar-refractivity contribution in [3.8, 4) is 0 Å². The summed E-state index contributed by atoms with van der Waals surface area (Å²) < 4.78 is 5.31. The molecule has 3 rings (SSSR count). The first-order valence-corrected chi connectivity index (χ1v) is 7.60. The largest absolute Gasteiger partial charge is 0.458 e. The summed E-state index contributed by atoms with van der Waals surface area (Å²) in [7, 11) is 0. The number of furan rings is 1. The first-order valence-electron chi connectivity index (χ1n) is 7.60. The normalized spacial score (nSPS) is 20.2. The van der Waals surface area contributed by atoms with Gasteiger partial charge < -0.3 is 14.4 Å². The van der Waals surface area contributed by atoms with Gasteiger partial charge >= 0.3 is 0 Å². The van der Waals surface area contributed by atoms with E-state index in [9.17, 15) is 14.7 Å². The number of rotatable bonds is 4. The van der Waals surface area contributed by atoms with Crippen molar-refractivity contribution >= 4 is 17.4 Å². The molecule has 1 atom stereocenters. The summed E-state index contributed by atoms with van der Waals surface area (Å²) in [6, 6.07) is 10.2. The fraction of sp³-hybridized carbons (Fsp3) is 0.333. The second kappa shape index (κ2) is 5.35. The van der Waals surface area contributed by atoms with Gasteiger partial charge in [-0.15, -0.1) is 0 Å². The monoisotopic (exact) mass is 313 g/mol. The Morgan fingerprint density at radius 2 is 1.96 bits per heavy atom. The molecular weight excluding hydrogens is 294 g/mol. The Balaban J connectivity index is 2.00. The third-order valence-electron chi connectivity index (χ3n) is 4.13. The zero-order valence-corrected chi connectivity index (χ0v) is 13.4. The van der Waals surface area contributed by atoms with Crippen LogP contribution in [0.4, 0.5) is 5.69 Å². The molecule has 0 spiro atoms. The summed E-state index contributed by atoms with van der Waals surface area (Å²) >= 11 is 0. The number of Topliss-reactive ketones (excluding diaryl/α,β-unsaturated/α-hetero) is 1. The van der Waals surface area contributed by atoms with E-state index >= 15 is 0 Å². The minimum Gasteiger partial charge on any atom is -0.458 e. The molecular formula is C18H19NO4. The number of hydrogen-bond donors (Lipinski definition) is 1. The molecule has 1 aliphatic heterocycles. The maximum absolute atomic E-state index is 12.8. The smallest absolute Gasteiger partial charge is 0.264 e. The number of para-hydroxylation sites is 1. The van der Waals surface area contributed by atoms with Gasteiger partial charge in [0, 0.05) is 11.6 Å². The summed E-state index contributed by atoms with van der Waals surface area (Å²) in [5.74, 6) is -0.0915. The summed E-state index contributed by atoms with van der Waals surface area (Å²) in [4.78, 5) is 26.8. The molecule has 1 N–H and O–H groups in total. The molecule has 1 aromatic carbocycles. The average molecular weight is 313 g/mol. The van der Waals surface area contributed by atoms with E-state index in [4.69, 9.17) is 4.42 Å². The Morgan fingerprint density at radius 3 is 2.57 bits per heavy atom. The molecule has 0 aliphatic carbocycles. The van der Waals surface area contributed by atoms with Gasteiger partial charge in [-0.3, -0.25) is 9.59 Å². The Labute approximate surface area is 134 Å². The molecule has 1 amide bonds. The number of aryl methyl sites for hydroxylation is 1. The predicted molar refractivity (Wildman–Crippen MR) is 85.4 cm³/mol. The van der Waals surface area contributed by atoms with Crippen LogP contribution in [-0.2, 0) is 10.4 Å². The molecule has 5 nitrogen and oxygen atoms in total. The van der Waals surface area contributed by atoms with Gasteiger partial charge in [-0.2, -0.15) is 0 Å². The van der Waals surface area contributed by atoms with Crippen LogP contribution in [0, 0.1) is 6.92 Å². The quantitative estimate of drug-likeness (QED) is 0.881. The highest BCUT2D eigenvalue weighted by molar-refractivity contribution is 6.10. The zero-order valence-electron chi connectivity index (χ0n) is 13.4. The molecule has 0 radical (unpaired) electrons. The molecule has 120 valence electrons. The SMILES string of the molecule is Cc1ccc(C(=O)C[C@@]2(O)C(=O)N(C(C)C)c3ccccc32)o1. The lowest BCUT2D eigenvalue weighted by molar-refractivity contribution is -0.136. The minimum atomic E-state index is -1.85. The lowest BCUT2D eigenvalue weighted by Crippen LogP contribution is -2.44. The van der Waals surface area contributed by atoms with Gasteiger partial charge in [-0.05, 0) is 39.0 Å². The molecule has 0 bridgehead atoms. The van der Waals surface area contributed by atoms with Crippen molar-refractivity contribution in [1.82, 2.24) is 0 Å². The molecule has 0 unspecified atom stereocenters. The first-order chi connectivity index (χ1) is 10.8. The topological polar surface area (TPSA) is 70.8 Å². The molecule has 5 heteroatoms. The van der Waals surface area contributed by atoms with Gasteiger partial charge in [0.25, 0.3) is 5.91 Å². The van der Waals surface area contributed by atoms with Crippen molar-refractivity contribution in [3.63, 3.8) is 0 Å². The van der Waals surface area contributed by atoms with Gasteiger partial charge in [0.1, 0.15) is 5.76 Å². The maximum atomic E-state index is 12.8. The van der Waals surface area contributed by atoms with E-state index in [-0.39, 0.29) is 18.2 Å².